The summed E-state index contributed by atoms with van der Waals surface area (Å²) in [7, 11) is 3.71. The molecule has 0 saturated carbocycles. The molecule has 0 aliphatic carbocycles. The Balaban J connectivity index is 1.48. The summed E-state index contributed by atoms with van der Waals surface area (Å²) in [5.41, 5.74) is 4.93. The molecule has 168 valence electrons. The Morgan fingerprint density at radius 3 is 2.70 bits per heavy atom. The van der Waals surface area contributed by atoms with Gasteiger partial charge in [-0.1, -0.05) is 12.1 Å². The number of aromatic nitrogens is 4. The van der Waals surface area contributed by atoms with Gasteiger partial charge in [0.15, 0.2) is 0 Å². The predicted molar refractivity (Wildman–Crippen MR) is 129 cm³/mol. The lowest BCUT2D eigenvalue weighted by Crippen LogP contribution is -2.56. The molecule has 8 heteroatoms. The first-order valence-electron chi connectivity index (χ1n) is 11.2. The highest BCUT2D eigenvalue weighted by molar-refractivity contribution is 5.89. The Hall–Kier alpha value is -3.70. The number of fused-ring (bicyclic) bond motifs is 2. The van der Waals surface area contributed by atoms with E-state index < -0.39 is 0 Å². The fourth-order valence-corrected chi connectivity index (χ4v) is 4.94. The van der Waals surface area contributed by atoms with Crippen molar-refractivity contribution in [1.82, 2.24) is 24.2 Å². The van der Waals surface area contributed by atoms with E-state index >= 15 is 0 Å². The van der Waals surface area contributed by atoms with Crippen molar-refractivity contribution in [2.45, 2.75) is 32.5 Å². The summed E-state index contributed by atoms with van der Waals surface area (Å²) in [6.45, 7) is 6.87. The number of hydrogen-bond acceptors (Lipinski definition) is 6. The zero-order valence-corrected chi connectivity index (χ0v) is 19.4. The summed E-state index contributed by atoms with van der Waals surface area (Å²) in [4.78, 5) is 22.0. The summed E-state index contributed by atoms with van der Waals surface area (Å²) < 4.78 is 3.50. The van der Waals surface area contributed by atoms with E-state index in [1.807, 2.05) is 24.0 Å². The minimum absolute atomic E-state index is 0.0745. The monoisotopic (exact) mass is 441 g/mol. The smallest absolute Gasteiger partial charge is 0.252 e. The first-order valence-corrected chi connectivity index (χ1v) is 11.2. The Morgan fingerprint density at radius 2 is 1.91 bits per heavy atom. The maximum atomic E-state index is 12.7. The van der Waals surface area contributed by atoms with Crippen LogP contribution in [0.1, 0.15) is 25.1 Å². The molecule has 1 aromatic carbocycles. The Kier molecular flexibility index (Phi) is 5.14. The number of pyridine rings is 2. The lowest BCUT2D eigenvalue weighted by Gasteiger charge is -2.45. The molecule has 1 aliphatic rings. The minimum Gasteiger partial charge on any atom is -0.364 e. The van der Waals surface area contributed by atoms with E-state index in [-0.39, 0.29) is 17.6 Å². The van der Waals surface area contributed by atoms with Crippen LogP contribution in [0.4, 0.5) is 5.69 Å². The zero-order chi connectivity index (χ0) is 23.3. The highest BCUT2D eigenvalue weighted by Crippen LogP contribution is 2.30. The summed E-state index contributed by atoms with van der Waals surface area (Å²) >= 11 is 0. The van der Waals surface area contributed by atoms with Crippen LogP contribution in [0.5, 0.6) is 0 Å². The van der Waals surface area contributed by atoms with Gasteiger partial charge >= 0.3 is 0 Å². The lowest BCUT2D eigenvalue weighted by atomic mass is 10.0. The van der Waals surface area contributed by atoms with Crippen LogP contribution in [0.2, 0.25) is 0 Å². The SMILES string of the molecule is C[C@@H]1CN(c2cc(=O)n(C)c3ccc(C#N)nc23)[C@@H](C)CN1Cc1cccc2c1cnn2C. The highest BCUT2D eigenvalue weighted by Gasteiger charge is 2.31. The van der Waals surface area contributed by atoms with E-state index in [9.17, 15) is 10.1 Å². The van der Waals surface area contributed by atoms with Gasteiger partial charge < -0.3 is 9.47 Å². The van der Waals surface area contributed by atoms with Crippen molar-refractivity contribution < 1.29 is 0 Å². The van der Waals surface area contributed by atoms with Crippen LogP contribution in [0.25, 0.3) is 21.9 Å². The van der Waals surface area contributed by atoms with E-state index in [0.717, 1.165) is 36.4 Å². The van der Waals surface area contributed by atoms with E-state index in [1.54, 1.807) is 23.7 Å². The maximum Gasteiger partial charge on any atom is 0.252 e. The van der Waals surface area contributed by atoms with Crippen LogP contribution < -0.4 is 10.5 Å². The standard InChI is InChI=1S/C25H27N7O/c1-16-14-32(23-10-24(33)29(3)22-9-8-19(11-26)28-25(22)23)17(2)13-31(16)15-18-6-5-7-21-20(18)12-27-30(21)4/h5-10,12,16-17H,13-15H2,1-4H3/t16-,17+/m1/s1. The highest BCUT2D eigenvalue weighted by atomic mass is 16.1. The second-order valence-electron chi connectivity index (χ2n) is 9.00. The molecular weight excluding hydrogens is 414 g/mol. The molecule has 4 aromatic rings. The van der Waals surface area contributed by atoms with E-state index in [0.29, 0.717) is 11.2 Å². The molecule has 1 aliphatic heterocycles. The second kappa shape index (κ2) is 8.01. The number of hydrogen-bond donors (Lipinski definition) is 0. The minimum atomic E-state index is -0.0745. The van der Waals surface area contributed by atoms with Crippen LogP contribution in [0.15, 0.2) is 47.4 Å². The normalized spacial score (nSPS) is 19.3. The average Bonchev–Trinajstić information content (AvgIpc) is 3.20. The number of rotatable bonds is 3. The summed E-state index contributed by atoms with van der Waals surface area (Å²) in [6.07, 6.45) is 1.94. The quantitative estimate of drug-likeness (QED) is 0.486. The van der Waals surface area contributed by atoms with Crippen molar-refractivity contribution in [3.05, 3.63) is 64.2 Å². The maximum absolute atomic E-state index is 12.7. The van der Waals surface area contributed by atoms with Crippen molar-refractivity contribution in [3.63, 3.8) is 0 Å². The van der Waals surface area contributed by atoms with Crippen molar-refractivity contribution in [1.29, 1.82) is 5.26 Å². The molecule has 0 spiro atoms. The van der Waals surface area contributed by atoms with Gasteiger partial charge in [-0.3, -0.25) is 14.4 Å². The molecule has 2 atom stereocenters. The third-order valence-electron chi connectivity index (χ3n) is 6.86. The Morgan fingerprint density at radius 1 is 1.09 bits per heavy atom. The molecule has 5 rings (SSSR count). The molecule has 33 heavy (non-hydrogen) atoms. The van der Waals surface area contributed by atoms with Gasteiger partial charge in [-0.2, -0.15) is 10.4 Å². The number of benzene rings is 1. The molecule has 0 radical (unpaired) electrons. The number of anilines is 1. The Labute approximate surface area is 192 Å². The van der Waals surface area contributed by atoms with Gasteiger partial charge in [0.2, 0.25) is 0 Å². The topological polar surface area (TPSA) is 83.0 Å². The van der Waals surface area contributed by atoms with E-state index in [1.165, 1.54) is 10.9 Å². The molecular formula is C25H27N7O. The summed E-state index contributed by atoms with van der Waals surface area (Å²) in [6, 6.07) is 14.1. The molecule has 8 nitrogen and oxygen atoms in total. The van der Waals surface area contributed by atoms with Gasteiger partial charge in [-0.05, 0) is 37.6 Å². The first kappa shape index (κ1) is 21.2. The van der Waals surface area contributed by atoms with Crippen LogP contribution in [0.3, 0.4) is 0 Å². The zero-order valence-electron chi connectivity index (χ0n) is 19.4. The van der Waals surface area contributed by atoms with Crippen LogP contribution in [-0.2, 0) is 20.6 Å². The van der Waals surface area contributed by atoms with E-state index in [4.69, 9.17) is 0 Å². The van der Waals surface area contributed by atoms with Gasteiger partial charge in [0.05, 0.1) is 22.9 Å². The molecule has 1 saturated heterocycles. The number of piperazine rings is 1. The average molecular weight is 442 g/mol. The van der Waals surface area contributed by atoms with Crippen LogP contribution in [0, 0.1) is 11.3 Å². The number of aryl methyl sites for hydroxylation is 2. The molecule has 3 aromatic heterocycles. The number of nitrogens with zero attached hydrogens (tertiary/aromatic N) is 7. The fraction of sp³-hybridized carbons (Fsp3) is 0.360. The third-order valence-corrected chi connectivity index (χ3v) is 6.86. The van der Waals surface area contributed by atoms with Gasteiger partial charge in [-0.25, -0.2) is 4.98 Å². The van der Waals surface area contributed by atoms with E-state index in [2.05, 4.69) is 58.0 Å². The number of nitriles is 1. The van der Waals surface area contributed by atoms with Crippen LogP contribution >= 0.6 is 0 Å². The molecule has 0 bridgehead atoms. The largest absolute Gasteiger partial charge is 0.364 e. The molecule has 0 unspecified atom stereocenters. The summed E-state index contributed by atoms with van der Waals surface area (Å²) in [5, 5.41) is 15.0. The molecule has 1 fully saturated rings. The van der Waals surface area contributed by atoms with Gasteiger partial charge in [0.25, 0.3) is 5.56 Å². The third kappa shape index (κ3) is 3.55. The molecule has 0 amide bonds. The van der Waals surface area contributed by atoms with Gasteiger partial charge in [0, 0.05) is 57.3 Å². The molecule has 0 N–H and O–H groups in total. The van der Waals surface area contributed by atoms with Crippen LogP contribution in [-0.4, -0.2) is 49.4 Å². The van der Waals surface area contributed by atoms with Gasteiger partial charge in [-0.15, -0.1) is 0 Å². The fourth-order valence-electron chi connectivity index (χ4n) is 4.94. The van der Waals surface area contributed by atoms with Crippen molar-refractivity contribution >= 4 is 27.6 Å². The Bertz CT molecular complexity index is 1460. The van der Waals surface area contributed by atoms with Crippen molar-refractivity contribution in [2.75, 3.05) is 18.0 Å². The molecule has 4 heterocycles. The summed E-state index contributed by atoms with van der Waals surface area (Å²) in [5.74, 6) is 0. The predicted octanol–water partition coefficient (Wildman–Crippen LogP) is 2.79. The first-order chi connectivity index (χ1) is 15.9. The second-order valence-corrected chi connectivity index (χ2v) is 9.00. The lowest BCUT2D eigenvalue weighted by molar-refractivity contribution is 0.158. The van der Waals surface area contributed by atoms with Crippen molar-refractivity contribution in [3.8, 4) is 6.07 Å². The van der Waals surface area contributed by atoms with Crippen molar-refractivity contribution in [2.24, 2.45) is 14.1 Å². The van der Waals surface area contributed by atoms with Gasteiger partial charge in [0.1, 0.15) is 17.3 Å².